The molecule has 6 nitrogen and oxygen atoms in total. The molecule has 7 heteroatoms. The normalized spacial score (nSPS) is 11.0. The molecule has 0 bridgehead atoms. The molecular weight excluding hydrogens is 286 g/mol. The summed E-state index contributed by atoms with van der Waals surface area (Å²) < 4.78 is 7.35. The van der Waals surface area contributed by atoms with Gasteiger partial charge in [-0.3, -0.25) is 0 Å². The molecule has 0 radical (unpaired) electrons. The van der Waals surface area contributed by atoms with E-state index >= 15 is 0 Å². The van der Waals surface area contributed by atoms with Crippen molar-refractivity contribution in [1.29, 1.82) is 0 Å². The van der Waals surface area contributed by atoms with Gasteiger partial charge in [-0.2, -0.15) is 0 Å². The van der Waals surface area contributed by atoms with Crippen molar-refractivity contribution in [2.24, 2.45) is 7.05 Å². The van der Waals surface area contributed by atoms with E-state index in [-0.39, 0.29) is 0 Å². The van der Waals surface area contributed by atoms with E-state index in [1.807, 2.05) is 29.8 Å². The topological polar surface area (TPSA) is 69.6 Å². The summed E-state index contributed by atoms with van der Waals surface area (Å²) in [6, 6.07) is 10.2. The third-order valence-electron chi connectivity index (χ3n) is 3.02. The van der Waals surface area contributed by atoms with Crippen LogP contribution in [0.15, 0.2) is 39.9 Å². The maximum absolute atomic E-state index is 5.35. The molecule has 2 aromatic heterocycles. The highest BCUT2D eigenvalue weighted by Crippen LogP contribution is 2.21. The van der Waals surface area contributed by atoms with E-state index in [1.54, 1.807) is 6.92 Å². The van der Waals surface area contributed by atoms with E-state index in [0.29, 0.717) is 17.5 Å². The number of benzene rings is 1. The first-order chi connectivity index (χ1) is 10.2. The zero-order valence-electron chi connectivity index (χ0n) is 11.9. The molecule has 3 rings (SSSR count). The van der Waals surface area contributed by atoms with Crippen molar-refractivity contribution in [1.82, 2.24) is 25.0 Å². The Labute approximate surface area is 126 Å². The van der Waals surface area contributed by atoms with Gasteiger partial charge in [-0.05, 0) is 5.56 Å². The van der Waals surface area contributed by atoms with Crippen LogP contribution in [0.25, 0.3) is 0 Å². The average Bonchev–Trinajstić information content (AvgIpc) is 3.06. The minimum atomic E-state index is 0.577. The molecule has 0 saturated carbocycles. The molecule has 1 aromatic carbocycles. The Morgan fingerprint density at radius 2 is 1.90 bits per heavy atom. The van der Waals surface area contributed by atoms with Crippen LogP contribution in [0.5, 0.6) is 0 Å². The molecule has 0 spiro atoms. The smallest absolute Gasteiger partial charge is 0.226 e. The molecule has 0 amide bonds. The lowest BCUT2D eigenvalue weighted by Gasteiger charge is -2.03. The van der Waals surface area contributed by atoms with Gasteiger partial charge in [-0.15, -0.1) is 20.4 Å². The summed E-state index contributed by atoms with van der Waals surface area (Å²) in [7, 11) is 1.97. The van der Waals surface area contributed by atoms with E-state index in [2.05, 4.69) is 32.5 Å². The predicted molar refractivity (Wildman–Crippen MR) is 78.8 cm³/mol. The van der Waals surface area contributed by atoms with Crippen LogP contribution in [0, 0.1) is 6.92 Å². The van der Waals surface area contributed by atoms with Crippen LogP contribution in [-0.4, -0.2) is 25.0 Å². The number of aryl methyl sites for hydroxylation is 1. The summed E-state index contributed by atoms with van der Waals surface area (Å²) in [4.78, 5) is 0. The minimum Gasteiger partial charge on any atom is -0.425 e. The first-order valence-electron chi connectivity index (χ1n) is 6.56. The van der Waals surface area contributed by atoms with Crippen molar-refractivity contribution in [3.63, 3.8) is 0 Å². The Morgan fingerprint density at radius 1 is 1.10 bits per heavy atom. The fourth-order valence-corrected chi connectivity index (χ4v) is 2.69. The number of nitrogens with zero attached hydrogens (tertiary/aromatic N) is 5. The van der Waals surface area contributed by atoms with Gasteiger partial charge in [0.1, 0.15) is 5.82 Å². The Bertz CT molecular complexity index is 722. The number of thioether (sulfide) groups is 1. The van der Waals surface area contributed by atoms with E-state index in [9.17, 15) is 0 Å². The van der Waals surface area contributed by atoms with Crippen molar-refractivity contribution < 1.29 is 4.42 Å². The van der Waals surface area contributed by atoms with Crippen LogP contribution in [0.1, 0.15) is 23.2 Å². The number of rotatable bonds is 5. The Kier molecular flexibility index (Phi) is 4.01. The highest BCUT2D eigenvalue weighted by atomic mass is 32.2. The van der Waals surface area contributed by atoms with E-state index in [0.717, 1.165) is 17.4 Å². The molecule has 0 unspecified atom stereocenters. The minimum absolute atomic E-state index is 0.577. The van der Waals surface area contributed by atoms with Crippen molar-refractivity contribution in [3.05, 3.63) is 53.5 Å². The molecule has 108 valence electrons. The summed E-state index contributed by atoms with van der Waals surface area (Å²) in [5.41, 5.74) is 1.22. The zero-order chi connectivity index (χ0) is 14.7. The van der Waals surface area contributed by atoms with Gasteiger partial charge >= 0.3 is 0 Å². The standard InChI is InChI=1S/C14H15N5OS/c1-10-15-17-13(20-10)9-21-14-18-16-12(19(14)2)8-11-6-4-3-5-7-11/h3-7H,8-9H2,1-2H3. The first-order valence-corrected chi connectivity index (χ1v) is 7.55. The Hall–Kier alpha value is -2.15. The quantitative estimate of drug-likeness (QED) is 0.674. The molecule has 3 aromatic rings. The van der Waals surface area contributed by atoms with Crippen LogP contribution in [0.3, 0.4) is 0 Å². The molecule has 0 aliphatic heterocycles. The second kappa shape index (κ2) is 6.09. The second-order valence-electron chi connectivity index (χ2n) is 4.62. The number of hydrogen-bond acceptors (Lipinski definition) is 6. The molecule has 21 heavy (non-hydrogen) atoms. The molecule has 0 aliphatic rings. The molecular formula is C14H15N5OS. The van der Waals surface area contributed by atoms with E-state index < -0.39 is 0 Å². The van der Waals surface area contributed by atoms with Crippen LogP contribution < -0.4 is 0 Å². The van der Waals surface area contributed by atoms with Crippen LogP contribution in [-0.2, 0) is 19.2 Å². The van der Waals surface area contributed by atoms with Crippen molar-refractivity contribution >= 4 is 11.8 Å². The predicted octanol–water partition coefficient (Wildman–Crippen LogP) is 2.39. The van der Waals surface area contributed by atoms with Crippen LogP contribution >= 0.6 is 11.8 Å². The third kappa shape index (κ3) is 3.30. The largest absolute Gasteiger partial charge is 0.425 e. The lowest BCUT2D eigenvalue weighted by atomic mass is 10.1. The lowest BCUT2D eigenvalue weighted by molar-refractivity contribution is 0.485. The summed E-state index contributed by atoms with van der Waals surface area (Å²) in [6.45, 7) is 1.78. The van der Waals surface area contributed by atoms with Gasteiger partial charge in [0.15, 0.2) is 5.16 Å². The highest BCUT2D eigenvalue weighted by Gasteiger charge is 2.11. The number of aromatic nitrogens is 5. The summed E-state index contributed by atoms with van der Waals surface area (Å²) in [5, 5.41) is 17.1. The van der Waals surface area contributed by atoms with Crippen molar-refractivity contribution in [3.8, 4) is 0 Å². The first kappa shape index (κ1) is 13.8. The van der Waals surface area contributed by atoms with Crippen LogP contribution in [0.2, 0.25) is 0 Å². The van der Waals surface area contributed by atoms with Crippen molar-refractivity contribution in [2.75, 3.05) is 0 Å². The summed E-state index contributed by atoms with van der Waals surface area (Å²) >= 11 is 1.54. The average molecular weight is 301 g/mol. The van der Waals surface area contributed by atoms with Gasteiger partial charge in [-0.1, -0.05) is 42.1 Å². The lowest BCUT2D eigenvalue weighted by Crippen LogP contribution is -2.00. The SMILES string of the molecule is Cc1nnc(CSc2nnc(Cc3ccccc3)n2C)o1. The molecule has 2 heterocycles. The fraction of sp³-hybridized carbons (Fsp3) is 0.286. The third-order valence-corrected chi connectivity index (χ3v) is 4.03. The zero-order valence-corrected chi connectivity index (χ0v) is 12.7. The van der Waals surface area contributed by atoms with E-state index in [4.69, 9.17) is 4.42 Å². The molecule has 0 N–H and O–H groups in total. The van der Waals surface area contributed by atoms with Crippen LogP contribution in [0.4, 0.5) is 0 Å². The van der Waals surface area contributed by atoms with Gasteiger partial charge in [0.2, 0.25) is 11.8 Å². The summed E-state index contributed by atoms with van der Waals surface area (Å²) in [6.07, 6.45) is 0.768. The van der Waals surface area contributed by atoms with Gasteiger partial charge in [0, 0.05) is 20.4 Å². The van der Waals surface area contributed by atoms with Gasteiger partial charge in [-0.25, -0.2) is 0 Å². The van der Waals surface area contributed by atoms with Gasteiger partial charge in [0.05, 0.1) is 5.75 Å². The molecule has 0 aliphatic carbocycles. The van der Waals surface area contributed by atoms with Gasteiger partial charge in [0.25, 0.3) is 0 Å². The Morgan fingerprint density at radius 3 is 2.62 bits per heavy atom. The maximum atomic E-state index is 5.35. The molecule has 0 atom stereocenters. The Balaban J connectivity index is 1.67. The summed E-state index contributed by atoms with van der Waals surface area (Å²) in [5.74, 6) is 2.71. The van der Waals surface area contributed by atoms with Gasteiger partial charge < -0.3 is 8.98 Å². The molecule has 0 saturated heterocycles. The molecule has 0 fully saturated rings. The monoisotopic (exact) mass is 301 g/mol. The maximum Gasteiger partial charge on any atom is 0.226 e. The van der Waals surface area contributed by atoms with Crippen molar-refractivity contribution in [2.45, 2.75) is 24.3 Å². The fourth-order valence-electron chi connectivity index (χ4n) is 1.93. The van der Waals surface area contributed by atoms with E-state index in [1.165, 1.54) is 17.3 Å². The second-order valence-corrected chi connectivity index (χ2v) is 5.57. The number of hydrogen-bond donors (Lipinski definition) is 0. The highest BCUT2D eigenvalue weighted by molar-refractivity contribution is 7.98.